The molecule has 0 aromatic heterocycles. The van der Waals surface area contributed by atoms with Crippen molar-refractivity contribution in [3.05, 3.63) is 80.2 Å². The number of rotatable bonds is 2. The maximum absolute atomic E-state index is 2.56. The molecule has 0 amide bonds. The van der Waals surface area contributed by atoms with Crippen LogP contribution in [0.25, 0.3) is 11.1 Å². The van der Waals surface area contributed by atoms with E-state index < -0.39 is 20.4 Å². The summed E-state index contributed by atoms with van der Waals surface area (Å²) in [5, 5.41) is 0. The van der Waals surface area contributed by atoms with E-state index in [0.717, 1.165) is 3.63 Å². The minimum atomic E-state index is -1.84. The van der Waals surface area contributed by atoms with E-state index in [4.69, 9.17) is 0 Å². The predicted octanol–water partition coefficient (Wildman–Crippen LogP) is 8.60. The molecule has 1 saturated heterocycles. The third-order valence-electron chi connectivity index (χ3n) is 7.74. The molecule has 1 fully saturated rings. The minimum absolute atomic E-state index is 0.187. The molecule has 2 aromatic rings. The topological polar surface area (TPSA) is 0 Å². The zero-order chi connectivity index (χ0) is 22.7. The molecule has 0 atom stereocenters. The Morgan fingerprint density at radius 1 is 0.781 bits per heavy atom. The molecule has 2 aliphatic carbocycles. The first-order valence-corrected chi connectivity index (χ1v) is 20.8. The van der Waals surface area contributed by atoms with Crippen LogP contribution in [0.2, 0.25) is 12.1 Å². The van der Waals surface area contributed by atoms with Gasteiger partial charge in [0.2, 0.25) is 0 Å². The Morgan fingerprint density at radius 3 is 1.75 bits per heavy atom. The number of allylic oxidation sites excluding steroid dienone is 4. The second-order valence-corrected chi connectivity index (χ2v) is 27.7. The third kappa shape index (κ3) is 4.05. The maximum atomic E-state index is 2.56. The van der Waals surface area contributed by atoms with Crippen molar-refractivity contribution in [3.8, 4) is 11.1 Å². The molecule has 2 heteroatoms. The second kappa shape index (κ2) is 8.35. The molecule has 0 spiro atoms. The van der Waals surface area contributed by atoms with Crippen molar-refractivity contribution in [3.63, 3.8) is 0 Å². The van der Waals surface area contributed by atoms with Gasteiger partial charge in [0.25, 0.3) is 0 Å². The van der Waals surface area contributed by atoms with Crippen molar-refractivity contribution >= 4 is 5.43 Å². The summed E-state index contributed by atoms with van der Waals surface area (Å²) >= 11 is -1.84. The third-order valence-corrected chi connectivity index (χ3v) is 28.9. The van der Waals surface area contributed by atoms with Gasteiger partial charge >= 0.3 is 204 Å². The van der Waals surface area contributed by atoms with E-state index in [1.54, 1.807) is 34.3 Å². The number of hydrogen-bond acceptors (Lipinski definition) is 0. The van der Waals surface area contributed by atoms with Crippen molar-refractivity contribution in [2.24, 2.45) is 0 Å². The molecule has 0 nitrogen and oxygen atoms in total. The van der Waals surface area contributed by atoms with Gasteiger partial charge in [-0.05, 0) is 0 Å². The van der Waals surface area contributed by atoms with E-state index in [1.165, 1.54) is 30.4 Å². The Kier molecular flexibility index (Phi) is 5.95. The normalized spacial score (nSPS) is 18.2. The van der Waals surface area contributed by atoms with Gasteiger partial charge in [0.1, 0.15) is 0 Å². The molecular weight excluding hydrogens is 480 g/mol. The van der Waals surface area contributed by atoms with Crippen molar-refractivity contribution in [1.29, 1.82) is 0 Å². The summed E-state index contributed by atoms with van der Waals surface area (Å²) in [4.78, 5) is 0. The molecule has 2 aromatic carbocycles. The fraction of sp³-hybridized carbons (Fsp3) is 0.467. The van der Waals surface area contributed by atoms with Crippen LogP contribution in [0.5, 0.6) is 0 Å². The SMILES string of the molecule is CC(C)(C)c1ccc2c(c1)-c1cc(C(C)(C)C)ccc1[CH]2[Zr]([C]1=CC=CC1)=[Si]1CCCC1. The Labute approximate surface area is 203 Å². The predicted molar refractivity (Wildman–Crippen MR) is 138 cm³/mol. The zero-order valence-corrected chi connectivity index (χ0v) is 24.3. The van der Waals surface area contributed by atoms with Gasteiger partial charge in [0.05, 0.1) is 0 Å². The van der Waals surface area contributed by atoms with Crippen molar-refractivity contribution in [2.75, 3.05) is 0 Å². The molecule has 5 rings (SSSR count). The van der Waals surface area contributed by atoms with Gasteiger partial charge in [-0.2, -0.15) is 0 Å². The zero-order valence-electron chi connectivity index (χ0n) is 20.8. The second-order valence-electron chi connectivity index (χ2n) is 12.1. The fourth-order valence-corrected chi connectivity index (χ4v) is 29.9. The standard InChI is InChI=1S/C21H25.C5H5.C4H8Si.Zr/c1-20(2,3)16-9-7-14-11-15-8-10-17(21(4,5)6)13-19(15)18(14)12-16;2*1-2-4-5-3-1;/h7-13H,1-6H3;1-3H,4H2;1-4H2;. The van der Waals surface area contributed by atoms with Gasteiger partial charge in [-0.3, -0.25) is 0 Å². The molecular formula is C30H38SiZr. The number of fused-ring (bicyclic) bond motifs is 3. The van der Waals surface area contributed by atoms with Gasteiger partial charge < -0.3 is 0 Å². The molecule has 32 heavy (non-hydrogen) atoms. The summed E-state index contributed by atoms with van der Waals surface area (Å²) in [5.74, 6) is 0. The van der Waals surface area contributed by atoms with Gasteiger partial charge in [-0.15, -0.1) is 0 Å². The molecule has 0 bridgehead atoms. The Hall–Kier alpha value is -0.980. The van der Waals surface area contributed by atoms with E-state index in [1.807, 2.05) is 3.28 Å². The summed E-state index contributed by atoms with van der Waals surface area (Å²) < 4.78 is 2.65. The van der Waals surface area contributed by atoms with Gasteiger partial charge in [0, 0.05) is 0 Å². The van der Waals surface area contributed by atoms with Gasteiger partial charge in [-0.1, -0.05) is 0 Å². The molecule has 1 heterocycles. The van der Waals surface area contributed by atoms with Crippen LogP contribution in [-0.2, 0) is 31.2 Å². The van der Waals surface area contributed by atoms with Crippen molar-refractivity contribution < 1.29 is 20.4 Å². The first-order valence-electron chi connectivity index (χ1n) is 12.5. The Balaban J connectivity index is 1.76. The first-order chi connectivity index (χ1) is 15.1. The molecule has 0 unspecified atom stereocenters. The monoisotopic (exact) mass is 516 g/mol. The quantitative estimate of drug-likeness (QED) is 0.350. The van der Waals surface area contributed by atoms with Crippen LogP contribution >= 0.6 is 0 Å². The van der Waals surface area contributed by atoms with Crippen LogP contribution in [0, 0.1) is 0 Å². The first kappa shape index (κ1) is 22.8. The van der Waals surface area contributed by atoms with Crippen LogP contribution in [-0.4, -0.2) is 5.43 Å². The summed E-state index contributed by atoms with van der Waals surface area (Å²) in [6.45, 7) is 14.1. The molecule has 166 valence electrons. The molecule has 0 saturated carbocycles. The van der Waals surface area contributed by atoms with E-state index >= 15 is 0 Å². The van der Waals surface area contributed by atoms with Crippen LogP contribution < -0.4 is 0 Å². The van der Waals surface area contributed by atoms with E-state index in [0.29, 0.717) is 0 Å². The summed E-state index contributed by atoms with van der Waals surface area (Å²) in [5.41, 5.74) is 9.64. The molecule has 1 aliphatic heterocycles. The summed E-state index contributed by atoms with van der Waals surface area (Å²) in [6, 6.07) is 18.3. The van der Waals surface area contributed by atoms with Gasteiger partial charge in [0.15, 0.2) is 0 Å². The Bertz CT molecular complexity index is 1090. The van der Waals surface area contributed by atoms with E-state index in [2.05, 4.69) is 96.2 Å². The average molecular weight is 518 g/mol. The fourth-order valence-electron chi connectivity index (χ4n) is 5.83. The summed E-state index contributed by atoms with van der Waals surface area (Å²) in [7, 11) is 0. The van der Waals surface area contributed by atoms with Gasteiger partial charge in [-0.25, -0.2) is 0 Å². The average Bonchev–Trinajstić information content (AvgIpc) is 3.48. The van der Waals surface area contributed by atoms with E-state index in [-0.39, 0.29) is 16.3 Å². The van der Waals surface area contributed by atoms with Crippen molar-refractivity contribution in [2.45, 2.75) is 87.3 Å². The van der Waals surface area contributed by atoms with Crippen LogP contribution in [0.3, 0.4) is 0 Å². The number of benzene rings is 2. The van der Waals surface area contributed by atoms with Crippen LogP contribution in [0.4, 0.5) is 0 Å². The van der Waals surface area contributed by atoms with Crippen molar-refractivity contribution in [1.82, 2.24) is 0 Å². The van der Waals surface area contributed by atoms with Crippen LogP contribution in [0.15, 0.2) is 57.9 Å². The molecule has 0 radical (unpaired) electrons. The Morgan fingerprint density at radius 2 is 1.31 bits per heavy atom. The van der Waals surface area contributed by atoms with Crippen LogP contribution in [0.1, 0.15) is 86.7 Å². The van der Waals surface area contributed by atoms with E-state index in [9.17, 15) is 0 Å². The molecule has 3 aliphatic rings. The summed E-state index contributed by atoms with van der Waals surface area (Å²) in [6.07, 6.45) is 11.6. The molecule has 0 N–H and O–H groups in total. The number of hydrogen-bond donors (Lipinski definition) is 0.